The van der Waals surface area contributed by atoms with Gasteiger partial charge in [-0.1, -0.05) is 6.92 Å². The number of amides is 1. The van der Waals surface area contributed by atoms with E-state index in [0.717, 1.165) is 6.42 Å². The molecule has 1 amide bonds. The number of hydrogen-bond acceptors (Lipinski definition) is 3. The molecule has 2 atom stereocenters. The van der Waals surface area contributed by atoms with Crippen LogP contribution in [0.15, 0.2) is 18.3 Å². The molecule has 4 nitrogen and oxygen atoms in total. The fourth-order valence-corrected chi connectivity index (χ4v) is 1.36. The van der Waals surface area contributed by atoms with Crippen LogP contribution in [0.3, 0.4) is 0 Å². The van der Waals surface area contributed by atoms with Crippen LogP contribution >= 0.6 is 0 Å². The van der Waals surface area contributed by atoms with Crippen LogP contribution in [-0.4, -0.2) is 16.9 Å². The normalized spacial score (nSPS) is 24.4. The number of rotatable bonds is 2. The second-order valence-corrected chi connectivity index (χ2v) is 3.76. The minimum atomic E-state index is -0.0616. The smallest absolute Gasteiger partial charge is 0.251 e. The highest BCUT2D eigenvalue weighted by atomic mass is 16.1. The third-order valence-corrected chi connectivity index (χ3v) is 2.47. The van der Waals surface area contributed by atoms with E-state index in [1.54, 1.807) is 18.3 Å². The van der Waals surface area contributed by atoms with E-state index in [4.69, 9.17) is 5.73 Å². The molecule has 0 radical (unpaired) electrons. The minimum absolute atomic E-state index is 0.0616. The number of nitrogens with zero attached hydrogens (tertiary/aromatic N) is 1. The summed E-state index contributed by atoms with van der Waals surface area (Å²) in [5.41, 5.74) is 6.06. The first-order valence-corrected chi connectivity index (χ1v) is 4.69. The second kappa shape index (κ2) is 3.29. The summed E-state index contributed by atoms with van der Waals surface area (Å²) < 4.78 is 0. The highest BCUT2D eigenvalue weighted by molar-refractivity contribution is 5.95. The van der Waals surface area contributed by atoms with Crippen LogP contribution in [0.4, 0.5) is 5.82 Å². The van der Waals surface area contributed by atoms with Gasteiger partial charge in [0.05, 0.1) is 0 Å². The predicted molar refractivity (Wildman–Crippen MR) is 53.7 cm³/mol. The Labute approximate surface area is 82.5 Å². The molecule has 1 saturated carbocycles. The zero-order valence-corrected chi connectivity index (χ0v) is 8.03. The summed E-state index contributed by atoms with van der Waals surface area (Å²) in [5, 5.41) is 2.92. The predicted octanol–water partition coefficient (Wildman–Crippen LogP) is 0.802. The molecule has 2 unspecified atom stereocenters. The molecule has 1 heterocycles. The highest BCUT2D eigenvalue weighted by Gasteiger charge is 2.33. The highest BCUT2D eigenvalue weighted by Crippen LogP contribution is 2.29. The molecule has 74 valence electrons. The molecule has 1 aliphatic carbocycles. The van der Waals surface area contributed by atoms with E-state index < -0.39 is 0 Å². The summed E-state index contributed by atoms with van der Waals surface area (Å²) >= 11 is 0. The zero-order chi connectivity index (χ0) is 10.1. The maximum atomic E-state index is 11.6. The van der Waals surface area contributed by atoms with Crippen LogP contribution in [0.2, 0.25) is 0 Å². The van der Waals surface area contributed by atoms with Gasteiger partial charge in [-0.15, -0.1) is 0 Å². The molecule has 1 fully saturated rings. The number of anilines is 1. The molecule has 0 aromatic carbocycles. The van der Waals surface area contributed by atoms with E-state index in [1.807, 2.05) is 0 Å². The summed E-state index contributed by atoms with van der Waals surface area (Å²) in [4.78, 5) is 15.4. The van der Waals surface area contributed by atoms with Crippen molar-refractivity contribution in [3.63, 3.8) is 0 Å². The lowest BCUT2D eigenvalue weighted by atomic mass is 10.2. The lowest BCUT2D eigenvalue weighted by molar-refractivity contribution is 0.0949. The zero-order valence-electron chi connectivity index (χ0n) is 8.03. The third kappa shape index (κ3) is 1.84. The van der Waals surface area contributed by atoms with Gasteiger partial charge in [0.1, 0.15) is 5.82 Å². The Morgan fingerprint density at radius 2 is 2.43 bits per heavy atom. The quantitative estimate of drug-likeness (QED) is 0.726. The summed E-state index contributed by atoms with van der Waals surface area (Å²) in [5.74, 6) is 0.924. The number of nitrogens with two attached hydrogens (primary N) is 1. The molecule has 1 aliphatic rings. The van der Waals surface area contributed by atoms with Gasteiger partial charge in [-0.05, 0) is 24.5 Å². The summed E-state index contributed by atoms with van der Waals surface area (Å²) in [6, 6.07) is 3.60. The maximum Gasteiger partial charge on any atom is 0.251 e. The van der Waals surface area contributed by atoms with Gasteiger partial charge in [0.25, 0.3) is 5.91 Å². The number of carbonyl (C=O) groups excluding carboxylic acids is 1. The first kappa shape index (κ1) is 8.99. The van der Waals surface area contributed by atoms with Crippen LogP contribution in [0, 0.1) is 5.92 Å². The lowest BCUT2D eigenvalue weighted by Gasteiger charge is -2.03. The third-order valence-electron chi connectivity index (χ3n) is 2.47. The SMILES string of the molecule is CC1CC1NC(=O)c1ccnc(N)c1. The van der Waals surface area contributed by atoms with Gasteiger partial charge in [0, 0.05) is 17.8 Å². The lowest BCUT2D eigenvalue weighted by Crippen LogP contribution is -2.26. The molecule has 14 heavy (non-hydrogen) atoms. The van der Waals surface area contributed by atoms with E-state index >= 15 is 0 Å². The number of pyridine rings is 1. The Bertz CT molecular complexity index is 364. The van der Waals surface area contributed by atoms with Crippen LogP contribution in [0.5, 0.6) is 0 Å². The van der Waals surface area contributed by atoms with Crippen molar-refractivity contribution < 1.29 is 4.79 Å². The molecule has 4 heteroatoms. The molecular weight excluding hydrogens is 178 g/mol. The first-order chi connectivity index (χ1) is 6.66. The molecule has 3 N–H and O–H groups in total. The van der Waals surface area contributed by atoms with E-state index in [2.05, 4.69) is 17.2 Å². The maximum absolute atomic E-state index is 11.6. The molecule has 0 bridgehead atoms. The second-order valence-electron chi connectivity index (χ2n) is 3.76. The van der Waals surface area contributed by atoms with Crippen molar-refractivity contribution in [3.8, 4) is 0 Å². The Balaban J connectivity index is 2.03. The standard InChI is InChI=1S/C10H13N3O/c1-6-4-8(6)13-10(14)7-2-3-12-9(11)5-7/h2-3,5-6,8H,4H2,1H3,(H2,11,12)(H,13,14). The topological polar surface area (TPSA) is 68.0 Å². The first-order valence-electron chi connectivity index (χ1n) is 4.69. The summed E-state index contributed by atoms with van der Waals surface area (Å²) in [6.45, 7) is 2.12. The van der Waals surface area contributed by atoms with Crippen molar-refractivity contribution in [2.45, 2.75) is 19.4 Å². The van der Waals surface area contributed by atoms with Crippen molar-refractivity contribution >= 4 is 11.7 Å². The van der Waals surface area contributed by atoms with Gasteiger partial charge in [0.15, 0.2) is 0 Å². The van der Waals surface area contributed by atoms with Gasteiger partial charge in [0.2, 0.25) is 0 Å². The Kier molecular flexibility index (Phi) is 2.11. The fraction of sp³-hybridized carbons (Fsp3) is 0.400. The number of aromatic nitrogens is 1. The number of carbonyl (C=O) groups is 1. The van der Waals surface area contributed by atoms with Crippen LogP contribution < -0.4 is 11.1 Å². The monoisotopic (exact) mass is 191 g/mol. The van der Waals surface area contributed by atoms with Crippen molar-refractivity contribution in [1.82, 2.24) is 10.3 Å². The molecule has 0 saturated heterocycles. The summed E-state index contributed by atoms with van der Waals surface area (Å²) in [7, 11) is 0. The van der Waals surface area contributed by atoms with Crippen molar-refractivity contribution in [1.29, 1.82) is 0 Å². The van der Waals surface area contributed by atoms with E-state index in [9.17, 15) is 4.79 Å². The van der Waals surface area contributed by atoms with Gasteiger partial charge >= 0.3 is 0 Å². The number of nitrogens with one attached hydrogen (secondary N) is 1. The fourth-order valence-electron chi connectivity index (χ4n) is 1.36. The van der Waals surface area contributed by atoms with Crippen LogP contribution in [0.25, 0.3) is 0 Å². The van der Waals surface area contributed by atoms with Gasteiger partial charge in [-0.2, -0.15) is 0 Å². The van der Waals surface area contributed by atoms with Crippen molar-refractivity contribution in [2.75, 3.05) is 5.73 Å². The van der Waals surface area contributed by atoms with E-state index in [1.165, 1.54) is 0 Å². The molecule has 0 aliphatic heterocycles. The molecule has 2 rings (SSSR count). The van der Waals surface area contributed by atoms with E-state index in [0.29, 0.717) is 23.3 Å². The molecule has 1 aromatic rings. The number of nitrogen functional groups attached to an aromatic ring is 1. The average molecular weight is 191 g/mol. The van der Waals surface area contributed by atoms with Gasteiger partial charge < -0.3 is 11.1 Å². The molecule has 1 aromatic heterocycles. The average Bonchev–Trinajstić information content (AvgIpc) is 2.81. The van der Waals surface area contributed by atoms with Gasteiger partial charge in [-0.3, -0.25) is 4.79 Å². The molecular formula is C10H13N3O. The largest absolute Gasteiger partial charge is 0.384 e. The van der Waals surface area contributed by atoms with Crippen LogP contribution in [0.1, 0.15) is 23.7 Å². The minimum Gasteiger partial charge on any atom is -0.384 e. The van der Waals surface area contributed by atoms with E-state index in [-0.39, 0.29) is 5.91 Å². The van der Waals surface area contributed by atoms with Crippen LogP contribution in [-0.2, 0) is 0 Å². The number of hydrogen-bond donors (Lipinski definition) is 2. The Morgan fingerprint density at radius 1 is 1.71 bits per heavy atom. The van der Waals surface area contributed by atoms with Gasteiger partial charge in [-0.25, -0.2) is 4.98 Å². The molecule has 0 spiro atoms. The Morgan fingerprint density at radius 3 is 3.00 bits per heavy atom. The van der Waals surface area contributed by atoms with Crippen molar-refractivity contribution in [3.05, 3.63) is 23.9 Å². The summed E-state index contributed by atoms with van der Waals surface area (Å²) in [6.07, 6.45) is 2.62. The van der Waals surface area contributed by atoms with Crippen molar-refractivity contribution in [2.24, 2.45) is 5.92 Å². The Hall–Kier alpha value is -1.58.